The van der Waals surface area contributed by atoms with Gasteiger partial charge in [-0.1, -0.05) is 6.92 Å². The van der Waals surface area contributed by atoms with Gasteiger partial charge in [0.15, 0.2) is 0 Å². The smallest absolute Gasteiger partial charge is 0.0507 e. The summed E-state index contributed by atoms with van der Waals surface area (Å²) in [7, 11) is 0. The van der Waals surface area contributed by atoms with Gasteiger partial charge in [0.2, 0.25) is 0 Å². The Morgan fingerprint density at radius 3 is 3.27 bits per heavy atom. The summed E-state index contributed by atoms with van der Waals surface area (Å²) in [6.07, 6.45) is 1.22. The van der Waals surface area contributed by atoms with E-state index in [1.54, 1.807) is 11.3 Å². The molecule has 84 valence electrons. The van der Waals surface area contributed by atoms with E-state index in [1.807, 2.05) is 0 Å². The van der Waals surface area contributed by atoms with Crippen molar-refractivity contribution in [2.45, 2.75) is 19.3 Å². The molecule has 2 rings (SSSR count). The molecule has 1 N–H and O–H groups in total. The van der Waals surface area contributed by atoms with Crippen LogP contribution in [0.2, 0.25) is 0 Å². The molecule has 1 aliphatic rings. The minimum Gasteiger partial charge on any atom is -0.381 e. The van der Waals surface area contributed by atoms with Gasteiger partial charge in [0, 0.05) is 19.7 Å². The predicted molar refractivity (Wildman–Crippen MR) is 64.5 cm³/mol. The summed E-state index contributed by atoms with van der Waals surface area (Å²) in [5.74, 6) is 1.36. The third-order valence-corrected chi connectivity index (χ3v) is 3.72. The number of thiophene rings is 1. The fourth-order valence-corrected chi connectivity index (χ4v) is 2.70. The molecule has 2 unspecified atom stereocenters. The van der Waals surface area contributed by atoms with Crippen LogP contribution in [-0.4, -0.2) is 26.3 Å². The van der Waals surface area contributed by atoms with Gasteiger partial charge >= 0.3 is 0 Å². The maximum Gasteiger partial charge on any atom is 0.0507 e. The first-order chi connectivity index (χ1) is 7.36. The van der Waals surface area contributed by atoms with Gasteiger partial charge in [-0.2, -0.15) is 11.3 Å². The highest BCUT2D eigenvalue weighted by atomic mass is 32.1. The standard InChI is InChI=1S/C12H19NOS/c1-10(12-3-5-15-9-12)6-13-7-11-2-4-14-8-11/h3,5,9-11,13H,2,4,6-8H2,1H3. The van der Waals surface area contributed by atoms with Crippen LogP contribution in [0.3, 0.4) is 0 Å². The van der Waals surface area contributed by atoms with Gasteiger partial charge in [0.05, 0.1) is 6.61 Å². The summed E-state index contributed by atoms with van der Waals surface area (Å²) in [5.41, 5.74) is 1.45. The molecule has 0 spiro atoms. The first-order valence-electron chi connectivity index (χ1n) is 5.67. The first-order valence-corrected chi connectivity index (χ1v) is 6.61. The monoisotopic (exact) mass is 225 g/mol. The molecule has 1 aromatic heterocycles. The van der Waals surface area contributed by atoms with Crippen LogP contribution < -0.4 is 5.32 Å². The van der Waals surface area contributed by atoms with Crippen LogP contribution in [0.4, 0.5) is 0 Å². The van der Waals surface area contributed by atoms with E-state index in [1.165, 1.54) is 12.0 Å². The van der Waals surface area contributed by atoms with Crippen molar-refractivity contribution >= 4 is 11.3 Å². The van der Waals surface area contributed by atoms with Gasteiger partial charge in [0.1, 0.15) is 0 Å². The summed E-state index contributed by atoms with van der Waals surface area (Å²) in [4.78, 5) is 0. The molecule has 1 saturated heterocycles. The SMILES string of the molecule is CC(CNCC1CCOC1)c1ccsc1. The molecule has 2 atom stereocenters. The van der Waals surface area contributed by atoms with Gasteiger partial charge in [-0.3, -0.25) is 0 Å². The van der Waals surface area contributed by atoms with Crippen molar-refractivity contribution in [1.82, 2.24) is 5.32 Å². The summed E-state index contributed by atoms with van der Waals surface area (Å²) in [6, 6.07) is 2.22. The zero-order chi connectivity index (χ0) is 10.5. The molecule has 0 radical (unpaired) electrons. The van der Waals surface area contributed by atoms with E-state index in [0.717, 1.165) is 32.2 Å². The minimum absolute atomic E-state index is 0.624. The highest BCUT2D eigenvalue weighted by Crippen LogP contribution is 2.17. The average molecular weight is 225 g/mol. The molecule has 2 heterocycles. The molecular formula is C12H19NOS. The van der Waals surface area contributed by atoms with Crippen molar-refractivity contribution < 1.29 is 4.74 Å². The molecule has 15 heavy (non-hydrogen) atoms. The van der Waals surface area contributed by atoms with Crippen LogP contribution in [0.15, 0.2) is 16.8 Å². The molecule has 2 nitrogen and oxygen atoms in total. The molecule has 3 heteroatoms. The third kappa shape index (κ3) is 3.30. The van der Waals surface area contributed by atoms with E-state index in [2.05, 4.69) is 29.1 Å². The van der Waals surface area contributed by atoms with E-state index < -0.39 is 0 Å². The Morgan fingerprint density at radius 2 is 2.60 bits per heavy atom. The van der Waals surface area contributed by atoms with Gasteiger partial charge < -0.3 is 10.1 Å². The van der Waals surface area contributed by atoms with Crippen molar-refractivity contribution in [3.05, 3.63) is 22.4 Å². The van der Waals surface area contributed by atoms with Crippen LogP contribution in [0.25, 0.3) is 0 Å². The van der Waals surface area contributed by atoms with E-state index in [-0.39, 0.29) is 0 Å². The van der Waals surface area contributed by atoms with Crippen molar-refractivity contribution in [2.24, 2.45) is 5.92 Å². The van der Waals surface area contributed by atoms with Gasteiger partial charge in [-0.05, 0) is 40.6 Å². The maximum atomic E-state index is 5.35. The maximum absolute atomic E-state index is 5.35. The van der Waals surface area contributed by atoms with Crippen molar-refractivity contribution in [1.29, 1.82) is 0 Å². The Hall–Kier alpha value is -0.380. The van der Waals surface area contributed by atoms with Crippen LogP contribution in [0, 0.1) is 5.92 Å². The lowest BCUT2D eigenvalue weighted by Gasteiger charge is -2.13. The molecule has 0 aliphatic carbocycles. The normalized spacial score (nSPS) is 23.1. The average Bonchev–Trinajstić information content (AvgIpc) is 2.90. The van der Waals surface area contributed by atoms with Crippen molar-refractivity contribution in [3.63, 3.8) is 0 Å². The largest absolute Gasteiger partial charge is 0.381 e. The summed E-state index contributed by atoms with van der Waals surface area (Å²) in [5, 5.41) is 7.93. The molecule has 1 aliphatic heterocycles. The summed E-state index contributed by atoms with van der Waals surface area (Å²) >= 11 is 1.78. The van der Waals surface area contributed by atoms with E-state index >= 15 is 0 Å². The third-order valence-electron chi connectivity index (χ3n) is 3.02. The Labute approximate surface area is 95.6 Å². The highest BCUT2D eigenvalue weighted by Gasteiger charge is 2.15. The zero-order valence-electron chi connectivity index (χ0n) is 9.24. The van der Waals surface area contributed by atoms with Gasteiger partial charge in [-0.15, -0.1) is 0 Å². The second kappa shape index (κ2) is 5.64. The Kier molecular flexibility index (Phi) is 4.18. The molecular weight excluding hydrogens is 206 g/mol. The first kappa shape index (κ1) is 11.1. The molecule has 0 amide bonds. The number of hydrogen-bond acceptors (Lipinski definition) is 3. The summed E-state index contributed by atoms with van der Waals surface area (Å²) < 4.78 is 5.35. The minimum atomic E-state index is 0.624. The predicted octanol–water partition coefficient (Wildman–Crippen LogP) is 2.48. The molecule has 0 saturated carbocycles. The van der Waals surface area contributed by atoms with Gasteiger partial charge in [0.25, 0.3) is 0 Å². The molecule has 0 aromatic carbocycles. The lowest BCUT2D eigenvalue weighted by molar-refractivity contribution is 0.185. The summed E-state index contributed by atoms with van der Waals surface area (Å²) in [6.45, 7) is 6.36. The molecule has 1 fully saturated rings. The Bertz CT molecular complexity index is 267. The number of ether oxygens (including phenoxy) is 1. The van der Waals surface area contributed by atoms with Crippen LogP contribution in [0.5, 0.6) is 0 Å². The number of nitrogens with one attached hydrogen (secondary N) is 1. The molecule has 1 aromatic rings. The Morgan fingerprint density at radius 1 is 1.67 bits per heavy atom. The fourth-order valence-electron chi connectivity index (χ4n) is 1.92. The van der Waals surface area contributed by atoms with Crippen molar-refractivity contribution in [3.8, 4) is 0 Å². The lowest BCUT2D eigenvalue weighted by Crippen LogP contribution is -2.26. The van der Waals surface area contributed by atoms with E-state index in [4.69, 9.17) is 4.74 Å². The fraction of sp³-hybridized carbons (Fsp3) is 0.667. The van der Waals surface area contributed by atoms with Crippen LogP contribution >= 0.6 is 11.3 Å². The number of hydrogen-bond donors (Lipinski definition) is 1. The zero-order valence-corrected chi connectivity index (χ0v) is 10.1. The second-order valence-corrected chi connectivity index (χ2v) is 5.13. The highest BCUT2D eigenvalue weighted by molar-refractivity contribution is 7.07. The topological polar surface area (TPSA) is 21.3 Å². The van der Waals surface area contributed by atoms with Crippen molar-refractivity contribution in [2.75, 3.05) is 26.3 Å². The van der Waals surface area contributed by atoms with Crippen LogP contribution in [-0.2, 0) is 4.74 Å². The quantitative estimate of drug-likeness (QED) is 0.831. The number of rotatable bonds is 5. The van der Waals surface area contributed by atoms with Crippen LogP contribution in [0.1, 0.15) is 24.8 Å². The molecule has 0 bridgehead atoms. The lowest BCUT2D eigenvalue weighted by atomic mass is 10.0. The van der Waals surface area contributed by atoms with E-state index in [9.17, 15) is 0 Å². The van der Waals surface area contributed by atoms with E-state index in [0.29, 0.717) is 5.92 Å². The Balaban J connectivity index is 1.65. The van der Waals surface area contributed by atoms with Gasteiger partial charge in [-0.25, -0.2) is 0 Å². The second-order valence-electron chi connectivity index (χ2n) is 4.35.